The third kappa shape index (κ3) is 8.52. The lowest BCUT2D eigenvalue weighted by Crippen LogP contribution is -2.15. The van der Waals surface area contributed by atoms with Crippen molar-refractivity contribution in [1.29, 1.82) is 0 Å². The van der Waals surface area contributed by atoms with Gasteiger partial charge in [-0.2, -0.15) is 0 Å². The number of hydrogen-bond acceptors (Lipinski definition) is 2. The van der Waals surface area contributed by atoms with Crippen molar-refractivity contribution in [2.24, 2.45) is 5.92 Å². The van der Waals surface area contributed by atoms with E-state index in [1.807, 2.05) is 0 Å². The summed E-state index contributed by atoms with van der Waals surface area (Å²) in [5.74, 6) is 0.480. The van der Waals surface area contributed by atoms with Crippen LogP contribution in [0.25, 0.3) is 0 Å². The van der Waals surface area contributed by atoms with E-state index in [1.165, 1.54) is 6.42 Å². The number of aliphatic hydroxyl groups is 1. The monoisotopic (exact) mass is 202 g/mol. The Labute approximate surface area is 88.7 Å². The minimum Gasteiger partial charge on any atom is -0.393 e. The van der Waals surface area contributed by atoms with Crippen LogP contribution in [0.4, 0.5) is 0 Å². The maximum Gasteiger partial charge on any atom is 0.0543 e. The summed E-state index contributed by atoms with van der Waals surface area (Å²) in [6, 6.07) is 0. The van der Waals surface area contributed by atoms with E-state index in [-0.39, 0.29) is 6.10 Å². The Hall–Kier alpha value is -0.0800. The van der Waals surface area contributed by atoms with Crippen LogP contribution in [0.1, 0.15) is 52.9 Å². The lowest BCUT2D eigenvalue weighted by Gasteiger charge is -2.15. The molecule has 0 heterocycles. The van der Waals surface area contributed by atoms with Gasteiger partial charge in [-0.25, -0.2) is 0 Å². The van der Waals surface area contributed by atoms with Crippen molar-refractivity contribution in [3.63, 3.8) is 0 Å². The number of rotatable bonds is 9. The number of aliphatic hydroxyl groups excluding tert-OH is 1. The summed E-state index contributed by atoms with van der Waals surface area (Å²) in [5, 5.41) is 9.57. The van der Waals surface area contributed by atoms with Crippen LogP contribution in [0.5, 0.6) is 0 Å². The number of hydrogen-bond donors (Lipinski definition) is 1. The second-order valence-corrected chi connectivity index (χ2v) is 4.21. The van der Waals surface area contributed by atoms with E-state index in [0.717, 1.165) is 38.9 Å². The standard InChI is InChI=1S/C12H26O2/c1-4-6-8-14-10-11(3)9-12(13)7-5-2/h11-13H,4-10H2,1-3H3. The lowest BCUT2D eigenvalue weighted by molar-refractivity contribution is 0.0695. The van der Waals surface area contributed by atoms with Crippen molar-refractivity contribution in [3.05, 3.63) is 0 Å². The van der Waals surface area contributed by atoms with Crippen LogP contribution in [-0.2, 0) is 4.74 Å². The van der Waals surface area contributed by atoms with Gasteiger partial charge < -0.3 is 9.84 Å². The molecule has 14 heavy (non-hydrogen) atoms. The Kier molecular flexibility index (Phi) is 9.42. The third-order valence-corrected chi connectivity index (χ3v) is 2.34. The lowest BCUT2D eigenvalue weighted by atomic mass is 10.0. The van der Waals surface area contributed by atoms with Gasteiger partial charge in [0.05, 0.1) is 6.10 Å². The van der Waals surface area contributed by atoms with E-state index >= 15 is 0 Å². The van der Waals surface area contributed by atoms with Crippen LogP contribution in [0, 0.1) is 5.92 Å². The summed E-state index contributed by atoms with van der Waals surface area (Å²) in [4.78, 5) is 0. The summed E-state index contributed by atoms with van der Waals surface area (Å²) in [6.07, 6.45) is 5.05. The van der Waals surface area contributed by atoms with Crippen LogP contribution < -0.4 is 0 Å². The van der Waals surface area contributed by atoms with Gasteiger partial charge in [-0.05, 0) is 25.2 Å². The minimum absolute atomic E-state index is 0.134. The molecule has 0 aromatic rings. The first-order valence-electron chi connectivity index (χ1n) is 5.96. The number of unbranched alkanes of at least 4 members (excludes halogenated alkanes) is 1. The van der Waals surface area contributed by atoms with Crippen molar-refractivity contribution in [2.75, 3.05) is 13.2 Å². The fourth-order valence-corrected chi connectivity index (χ4v) is 1.51. The van der Waals surface area contributed by atoms with E-state index in [4.69, 9.17) is 4.74 Å². The first-order chi connectivity index (χ1) is 6.70. The van der Waals surface area contributed by atoms with Crippen molar-refractivity contribution >= 4 is 0 Å². The molecule has 0 saturated heterocycles. The molecule has 2 nitrogen and oxygen atoms in total. The smallest absolute Gasteiger partial charge is 0.0543 e. The zero-order chi connectivity index (χ0) is 10.8. The molecule has 0 saturated carbocycles. The molecule has 2 unspecified atom stereocenters. The van der Waals surface area contributed by atoms with Crippen LogP contribution in [0.3, 0.4) is 0 Å². The topological polar surface area (TPSA) is 29.5 Å². The van der Waals surface area contributed by atoms with E-state index in [9.17, 15) is 5.11 Å². The average molecular weight is 202 g/mol. The zero-order valence-electron chi connectivity index (χ0n) is 9.96. The molecule has 2 heteroatoms. The van der Waals surface area contributed by atoms with E-state index in [2.05, 4.69) is 20.8 Å². The van der Waals surface area contributed by atoms with E-state index in [1.54, 1.807) is 0 Å². The Morgan fingerprint density at radius 3 is 2.50 bits per heavy atom. The van der Waals surface area contributed by atoms with Crippen molar-refractivity contribution in [3.8, 4) is 0 Å². The molecular formula is C12H26O2. The van der Waals surface area contributed by atoms with Gasteiger partial charge in [0.25, 0.3) is 0 Å². The second-order valence-electron chi connectivity index (χ2n) is 4.21. The highest BCUT2D eigenvalue weighted by Crippen LogP contribution is 2.10. The van der Waals surface area contributed by atoms with Crippen LogP contribution in [0.15, 0.2) is 0 Å². The molecule has 0 bridgehead atoms. The SMILES string of the molecule is CCCCOCC(C)CC(O)CCC. The van der Waals surface area contributed by atoms with Crippen molar-refractivity contribution in [1.82, 2.24) is 0 Å². The maximum absolute atomic E-state index is 9.57. The molecule has 1 N–H and O–H groups in total. The molecule has 0 amide bonds. The zero-order valence-corrected chi connectivity index (χ0v) is 9.96. The highest BCUT2D eigenvalue weighted by Gasteiger charge is 2.09. The molecule has 0 aromatic heterocycles. The van der Waals surface area contributed by atoms with E-state index < -0.39 is 0 Å². The molecule has 0 aliphatic carbocycles. The highest BCUT2D eigenvalue weighted by molar-refractivity contribution is 4.60. The molecule has 0 fully saturated rings. The summed E-state index contributed by atoms with van der Waals surface area (Å²) in [7, 11) is 0. The molecule has 86 valence electrons. The number of ether oxygens (including phenoxy) is 1. The first-order valence-corrected chi connectivity index (χ1v) is 5.96. The largest absolute Gasteiger partial charge is 0.393 e. The Bertz CT molecular complexity index is 115. The van der Waals surface area contributed by atoms with Crippen molar-refractivity contribution < 1.29 is 9.84 Å². The Morgan fingerprint density at radius 1 is 1.21 bits per heavy atom. The summed E-state index contributed by atoms with van der Waals surface area (Å²) < 4.78 is 5.50. The molecule has 2 atom stereocenters. The van der Waals surface area contributed by atoms with E-state index in [0.29, 0.717) is 5.92 Å². The molecule has 0 rings (SSSR count). The second kappa shape index (κ2) is 9.47. The van der Waals surface area contributed by atoms with Gasteiger partial charge in [-0.3, -0.25) is 0 Å². The average Bonchev–Trinajstić information content (AvgIpc) is 2.13. The quantitative estimate of drug-likeness (QED) is 0.582. The first kappa shape index (κ1) is 13.9. The molecule has 0 aliphatic rings. The fraction of sp³-hybridized carbons (Fsp3) is 1.00. The minimum atomic E-state index is -0.134. The maximum atomic E-state index is 9.57. The van der Waals surface area contributed by atoms with Gasteiger partial charge in [0.15, 0.2) is 0 Å². The van der Waals surface area contributed by atoms with Gasteiger partial charge in [0.1, 0.15) is 0 Å². The summed E-state index contributed by atoms with van der Waals surface area (Å²) in [5.41, 5.74) is 0. The molecular weight excluding hydrogens is 176 g/mol. The summed E-state index contributed by atoms with van der Waals surface area (Å²) >= 11 is 0. The van der Waals surface area contributed by atoms with Gasteiger partial charge in [-0.15, -0.1) is 0 Å². The third-order valence-electron chi connectivity index (χ3n) is 2.34. The fourth-order valence-electron chi connectivity index (χ4n) is 1.51. The van der Waals surface area contributed by atoms with Crippen LogP contribution in [-0.4, -0.2) is 24.4 Å². The predicted octanol–water partition coefficient (Wildman–Crippen LogP) is 2.99. The van der Waals surface area contributed by atoms with Crippen molar-refractivity contribution in [2.45, 2.75) is 59.0 Å². The molecule has 0 aliphatic heterocycles. The Balaban J connectivity index is 3.30. The van der Waals surface area contributed by atoms with Crippen LogP contribution in [0.2, 0.25) is 0 Å². The molecule has 0 spiro atoms. The Morgan fingerprint density at radius 2 is 1.93 bits per heavy atom. The predicted molar refractivity (Wildman–Crippen MR) is 60.4 cm³/mol. The highest BCUT2D eigenvalue weighted by atomic mass is 16.5. The molecule has 0 radical (unpaired) electrons. The van der Waals surface area contributed by atoms with Gasteiger partial charge in [0, 0.05) is 13.2 Å². The van der Waals surface area contributed by atoms with Gasteiger partial charge in [-0.1, -0.05) is 33.6 Å². The van der Waals surface area contributed by atoms with Crippen LogP contribution >= 0.6 is 0 Å². The summed E-state index contributed by atoms with van der Waals surface area (Å²) in [6.45, 7) is 8.07. The molecule has 0 aromatic carbocycles. The van der Waals surface area contributed by atoms with Gasteiger partial charge in [0.2, 0.25) is 0 Å². The van der Waals surface area contributed by atoms with Gasteiger partial charge >= 0.3 is 0 Å². The normalized spacial score (nSPS) is 15.4.